The first-order chi connectivity index (χ1) is 18.8. The van der Waals surface area contributed by atoms with Crippen molar-refractivity contribution in [2.75, 3.05) is 4.90 Å². The maximum atomic E-state index is 2.55. The van der Waals surface area contributed by atoms with Crippen molar-refractivity contribution in [2.45, 2.75) is 31.1 Å². The van der Waals surface area contributed by atoms with E-state index in [1.807, 2.05) is 0 Å². The molecule has 1 nitrogen and oxygen atoms in total. The highest BCUT2D eigenvalue weighted by Crippen LogP contribution is 2.66. The Morgan fingerprint density at radius 2 is 1.24 bits per heavy atom. The van der Waals surface area contributed by atoms with Crippen molar-refractivity contribution in [3.8, 4) is 22.3 Å². The van der Waals surface area contributed by atoms with Crippen LogP contribution in [0.15, 0.2) is 127 Å². The summed E-state index contributed by atoms with van der Waals surface area (Å²) in [5, 5.41) is 0. The zero-order valence-electron chi connectivity index (χ0n) is 21.6. The van der Waals surface area contributed by atoms with E-state index in [9.17, 15) is 0 Å². The summed E-state index contributed by atoms with van der Waals surface area (Å²) in [4.78, 5) is 2.46. The highest BCUT2D eigenvalue weighted by Gasteiger charge is 2.56. The molecule has 38 heavy (non-hydrogen) atoms. The van der Waals surface area contributed by atoms with Crippen LogP contribution in [-0.2, 0) is 5.41 Å². The van der Waals surface area contributed by atoms with Gasteiger partial charge in [0.2, 0.25) is 0 Å². The number of rotatable bonds is 4. The van der Waals surface area contributed by atoms with Gasteiger partial charge >= 0.3 is 0 Å². The molecule has 3 atom stereocenters. The fourth-order valence-electron chi connectivity index (χ4n) is 8.05. The Morgan fingerprint density at radius 3 is 2.00 bits per heavy atom. The van der Waals surface area contributed by atoms with Gasteiger partial charge in [-0.15, -0.1) is 0 Å². The summed E-state index contributed by atoms with van der Waals surface area (Å²) in [7, 11) is 0. The molecule has 2 saturated carbocycles. The van der Waals surface area contributed by atoms with Gasteiger partial charge in [-0.2, -0.15) is 0 Å². The molecule has 3 unspecified atom stereocenters. The minimum absolute atomic E-state index is 0.173. The maximum absolute atomic E-state index is 2.55. The molecule has 2 bridgehead atoms. The molecular weight excluding hydrogens is 458 g/mol. The van der Waals surface area contributed by atoms with Crippen LogP contribution in [-0.4, -0.2) is 0 Å². The fraction of sp³-hybridized carbons (Fsp3) is 0.189. The van der Waals surface area contributed by atoms with Crippen LogP contribution in [0, 0.1) is 11.8 Å². The van der Waals surface area contributed by atoms with Crippen LogP contribution in [0.5, 0.6) is 0 Å². The first-order valence-electron chi connectivity index (χ1n) is 14.1. The minimum atomic E-state index is 0.173. The van der Waals surface area contributed by atoms with Crippen LogP contribution >= 0.6 is 0 Å². The Labute approximate surface area is 225 Å². The van der Waals surface area contributed by atoms with E-state index < -0.39 is 0 Å². The molecule has 3 aliphatic carbocycles. The van der Waals surface area contributed by atoms with E-state index in [4.69, 9.17) is 0 Å². The molecule has 0 amide bonds. The van der Waals surface area contributed by atoms with Crippen molar-refractivity contribution in [1.82, 2.24) is 0 Å². The minimum Gasteiger partial charge on any atom is -0.310 e. The van der Waals surface area contributed by atoms with E-state index in [1.54, 1.807) is 11.1 Å². The highest BCUT2D eigenvalue weighted by atomic mass is 15.1. The third kappa shape index (κ3) is 3.11. The lowest BCUT2D eigenvalue weighted by atomic mass is 9.67. The molecule has 0 N–H and O–H groups in total. The predicted molar refractivity (Wildman–Crippen MR) is 158 cm³/mol. The molecule has 0 heterocycles. The van der Waals surface area contributed by atoms with Crippen molar-refractivity contribution in [1.29, 1.82) is 0 Å². The Kier molecular flexibility index (Phi) is 4.88. The Balaban J connectivity index is 1.35. The standard InChI is InChI=1S/C37H31N/c1-3-11-27(12-4-1)31-15-8-10-18-36(31)38(29-13-5-2-6-14-29)30-21-22-33-32-16-7-9-17-34(32)37(35(33)24-30)25-26-19-20-28(37)23-26/h1-18,21-22,24,26,28H,19-20,23,25H2. The molecule has 1 spiro atoms. The summed E-state index contributed by atoms with van der Waals surface area (Å²) in [5.41, 5.74) is 12.3. The molecule has 2 fully saturated rings. The summed E-state index contributed by atoms with van der Waals surface area (Å²) in [6.45, 7) is 0. The second kappa shape index (κ2) is 8.46. The molecule has 5 aromatic carbocycles. The van der Waals surface area contributed by atoms with Crippen LogP contribution in [0.2, 0.25) is 0 Å². The summed E-state index contributed by atoms with van der Waals surface area (Å²) in [6, 6.07) is 47.0. The zero-order chi connectivity index (χ0) is 25.1. The third-order valence-corrected chi connectivity index (χ3v) is 9.53. The van der Waals surface area contributed by atoms with E-state index in [0.717, 1.165) is 11.8 Å². The number of hydrogen-bond acceptors (Lipinski definition) is 1. The molecular formula is C37H31N. The average Bonchev–Trinajstić information content (AvgIpc) is 3.68. The molecule has 0 aliphatic heterocycles. The fourth-order valence-corrected chi connectivity index (χ4v) is 8.05. The van der Waals surface area contributed by atoms with Gasteiger partial charge in [0.1, 0.15) is 0 Å². The molecule has 0 saturated heterocycles. The second-order valence-corrected chi connectivity index (χ2v) is 11.4. The Hall–Kier alpha value is -4.10. The maximum Gasteiger partial charge on any atom is 0.0540 e. The SMILES string of the molecule is c1ccc(-c2ccccc2N(c2ccccc2)c2ccc3c(c2)C2(CC4CCC2C4)c2ccccc2-3)cc1. The van der Waals surface area contributed by atoms with E-state index in [1.165, 1.54) is 65.0 Å². The van der Waals surface area contributed by atoms with Crippen molar-refractivity contribution in [3.05, 3.63) is 139 Å². The van der Waals surface area contributed by atoms with Gasteiger partial charge < -0.3 is 4.90 Å². The van der Waals surface area contributed by atoms with Crippen LogP contribution in [0.25, 0.3) is 22.3 Å². The van der Waals surface area contributed by atoms with Crippen LogP contribution in [0.4, 0.5) is 17.1 Å². The summed E-state index contributed by atoms with van der Waals surface area (Å²) >= 11 is 0. The average molecular weight is 490 g/mol. The van der Waals surface area contributed by atoms with Crippen molar-refractivity contribution in [2.24, 2.45) is 11.8 Å². The first-order valence-corrected chi connectivity index (χ1v) is 14.1. The first kappa shape index (κ1) is 21.9. The van der Waals surface area contributed by atoms with E-state index in [-0.39, 0.29) is 5.41 Å². The second-order valence-electron chi connectivity index (χ2n) is 11.4. The molecule has 0 radical (unpaired) electrons. The molecule has 5 aromatic rings. The number of benzene rings is 5. The van der Waals surface area contributed by atoms with Crippen molar-refractivity contribution >= 4 is 17.1 Å². The monoisotopic (exact) mass is 489 g/mol. The highest BCUT2D eigenvalue weighted by molar-refractivity contribution is 5.90. The molecule has 1 heteroatoms. The van der Waals surface area contributed by atoms with Gasteiger partial charge in [-0.3, -0.25) is 0 Å². The van der Waals surface area contributed by atoms with Crippen LogP contribution in [0.1, 0.15) is 36.8 Å². The van der Waals surface area contributed by atoms with Crippen molar-refractivity contribution in [3.63, 3.8) is 0 Å². The lowest BCUT2D eigenvalue weighted by Gasteiger charge is -2.37. The van der Waals surface area contributed by atoms with Gasteiger partial charge in [0.15, 0.2) is 0 Å². The Morgan fingerprint density at radius 1 is 0.553 bits per heavy atom. The lowest BCUT2D eigenvalue weighted by molar-refractivity contribution is 0.327. The number of para-hydroxylation sites is 2. The van der Waals surface area contributed by atoms with Gasteiger partial charge in [0.05, 0.1) is 5.69 Å². The number of nitrogens with zero attached hydrogens (tertiary/aromatic N) is 1. The zero-order valence-corrected chi connectivity index (χ0v) is 21.6. The third-order valence-electron chi connectivity index (χ3n) is 9.53. The Bertz CT molecular complexity index is 1640. The predicted octanol–water partition coefficient (Wildman–Crippen LogP) is 9.91. The molecule has 184 valence electrons. The lowest BCUT2D eigenvalue weighted by Crippen LogP contribution is -2.32. The normalized spacial score (nSPS) is 22.4. The number of anilines is 3. The topological polar surface area (TPSA) is 3.24 Å². The molecule has 8 rings (SSSR count). The van der Waals surface area contributed by atoms with Gasteiger partial charge in [0, 0.05) is 22.4 Å². The van der Waals surface area contributed by atoms with E-state index in [0.29, 0.717) is 0 Å². The van der Waals surface area contributed by atoms with Crippen LogP contribution in [0.3, 0.4) is 0 Å². The molecule has 0 aromatic heterocycles. The van der Waals surface area contributed by atoms with E-state index in [2.05, 4.69) is 132 Å². The van der Waals surface area contributed by atoms with Gasteiger partial charge in [0.25, 0.3) is 0 Å². The van der Waals surface area contributed by atoms with Crippen molar-refractivity contribution < 1.29 is 0 Å². The summed E-state index contributed by atoms with van der Waals surface area (Å²) < 4.78 is 0. The molecule has 3 aliphatic rings. The summed E-state index contributed by atoms with van der Waals surface area (Å²) in [5.74, 6) is 1.62. The summed E-state index contributed by atoms with van der Waals surface area (Å²) in [6.07, 6.45) is 5.46. The van der Waals surface area contributed by atoms with Crippen LogP contribution < -0.4 is 4.90 Å². The smallest absolute Gasteiger partial charge is 0.0540 e. The largest absolute Gasteiger partial charge is 0.310 e. The number of fused-ring (bicyclic) bond motifs is 8. The van der Waals surface area contributed by atoms with E-state index >= 15 is 0 Å². The van der Waals surface area contributed by atoms with Gasteiger partial charge in [-0.05, 0) is 89.2 Å². The van der Waals surface area contributed by atoms with Gasteiger partial charge in [-0.25, -0.2) is 0 Å². The quantitative estimate of drug-likeness (QED) is 0.243. The number of hydrogen-bond donors (Lipinski definition) is 0. The van der Waals surface area contributed by atoms with Gasteiger partial charge in [-0.1, -0.05) is 103 Å².